The Hall–Kier alpha value is -2.96. The maximum atomic E-state index is 12.4. The van der Waals surface area contributed by atoms with Crippen LogP contribution in [0, 0.1) is 6.92 Å². The average molecular weight is 366 g/mol. The summed E-state index contributed by atoms with van der Waals surface area (Å²) in [5.41, 5.74) is 3.29. The molecular weight excluding hydrogens is 344 g/mol. The number of aromatic amines is 1. The van der Waals surface area contributed by atoms with Crippen molar-refractivity contribution in [1.82, 2.24) is 20.0 Å². The van der Waals surface area contributed by atoms with E-state index in [-0.39, 0.29) is 11.7 Å². The highest BCUT2D eigenvalue weighted by Crippen LogP contribution is 2.28. The number of rotatable bonds is 4. The van der Waals surface area contributed by atoms with Gasteiger partial charge in [0, 0.05) is 32.4 Å². The molecule has 1 N–H and O–H groups in total. The van der Waals surface area contributed by atoms with E-state index in [1.807, 2.05) is 23.1 Å². The number of amides is 1. The van der Waals surface area contributed by atoms with Crippen molar-refractivity contribution in [3.63, 3.8) is 0 Å². The van der Waals surface area contributed by atoms with Crippen LogP contribution < -0.4 is 0 Å². The molecule has 1 saturated heterocycles. The molecule has 1 fully saturated rings. The van der Waals surface area contributed by atoms with Crippen LogP contribution in [-0.2, 0) is 11.2 Å². The van der Waals surface area contributed by atoms with Crippen molar-refractivity contribution >= 4 is 22.7 Å². The number of carbonyl (C=O) groups excluding carboxylic acids is 2. The van der Waals surface area contributed by atoms with E-state index >= 15 is 0 Å². The van der Waals surface area contributed by atoms with Gasteiger partial charge in [0.15, 0.2) is 5.78 Å². The number of ketones is 1. The van der Waals surface area contributed by atoms with Crippen LogP contribution in [-0.4, -0.2) is 44.8 Å². The summed E-state index contributed by atoms with van der Waals surface area (Å²) in [6, 6.07) is 5.87. The van der Waals surface area contributed by atoms with Gasteiger partial charge in [-0.2, -0.15) is 0 Å². The number of H-pyrrole nitrogens is 1. The van der Waals surface area contributed by atoms with Crippen LogP contribution in [0.25, 0.3) is 11.0 Å². The first kappa shape index (κ1) is 17.5. The number of carbonyl (C=O) groups is 2. The van der Waals surface area contributed by atoms with Crippen molar-refractivity contribution < 1.29 is 14.1 Å². The summed E-state index contributed by atoms with van der Waals surface area (Å²) < 4.78 is 4.97. The number of hydrogen-bond donors (Lipinski definition) is 1. The fraction of sp³-hybridized carbons (Fsp3) is 0.400. The minimum atomic E-state index is -0.00977. The third-order valence-electron chi connectivity index (χ3n) is 5.31. The molecule has 0 saturated carbocycles. The Kier molecular flexibility index (Phi) is 4.51. The van der Waals surface area contributed by atoms with Gasteiger partial charge in [-0.15, -0.1) is 0 Å². The van der Waals surface area contributed by atoms with Crippen molar-refractivity contribution in [2.75, 3.05) is 13.1 Å². The molecule has 27 heavy (non-hydrogen) atoms. The Morgan fingerprint density at radius 3 is 2.74 bits per heavy atom. The first-order valence-corrected chi connectivity index (χ1v) is 9.20. The molecule has 1 aliphatic heterocycles. The van der Waals surface area contributed by atoms with Gasteiger partial charge in [0.2, 0.25) is 5.91 Å². The van der Waals surface area contributed by atoms with E-state index in [9.17, 15) is 9.59 Å². The second-order valence-electron chi connectivity index (χ2n) is 7.15. The second kappa shape index (κ2) is 6.98. The highest BCUT2D eigenvalue weighted by molar-refractivity contribution is 5.98. The zero-order valence-corrected chi connectivity index (χ0v) is 15.5. The summed E-state index contributed by atoms with van der Waals surface area (Å²) in [5.74, 6) is 1.96. The van der Waals surface area contributed by atoms with Crippen molar-refractivity contribution in [3.8, 4) is 0 Å². The molecule has 7 nitrogen and oxygen atoms in total. The fourth-order valence-electron chi connectivity index (χ4n) is 3.69. The number of imidazole rings is 1. The third kappa shape index (κ3) is 3.49. The zero-order chi connectivity index (χ0) is 19.0. The number of Topliss-reactive ketones (excluding diaryl/α,β-unsaturated/α-hetero) is 1. The highest BCUT2D eigenvalue weighted by atomic mass is 16.5. The molecule has 3 aromatic rings. The Morgan fingerprint density at radius 2 is 2.07 bits per heavy atom. The molecule has 0 aliphatic carbocycles. The molecule has 4 rings (SSSR count). The number of aryl methyl sites for hydroxylation is 1. The molecule has 2 aromatic heterocycles. The fourth-order valence-corrected chi connectivity index (χ4v) is 3.69. The highest BCUT2D eigenvalue weighted by Gasteiger charge is 2.24. The Bertz CT molecular complexity index is 996. The summed E-state index contributed by atoms with van der Waals surface area (Å²) in [7, 11) is 0. The van der Waals surface area contributed by atoms with Crippen LogP contribution in [0.2, 0.25) is 0 Å². The number of nitrogens with one attached hydrogen (secondary N) is 1. The van der Waals surface area contributed by atoms with Gasteiger partial charge in [-0.05, 0) is 37.5 Å². The van der Waals surface area contributed by atoms with E-state index in [4.69, 9.17) is 9.51 Å². The lowest BCUT2D eigenvalue weighted by Crippen LogP contribution is -2.36. The summed E-state index contributed by atoms with van der Waals surface area (Å²) in [6.07, 6.45) is 3.59. The Balaban J connectivity index is 1.50. The van der Waals surface area contributed by atoms with Gasteiger partial charge < -0.3 is 14.4 Å². The van der Waals surface area contributed by atoms with Crippen molar-refractivity contribution in [1.29, 1.82) is 0 Å². The number of likely N-dealkylation sites (tertiary alicyclic amines) is 1. The normalized spacial score (nSPS) is 15.4. The SMILES string of the molecule is CC(=O)N1CCC(c2nc3ccc(CC(=O)c4cnoc4C)cc3[nH]2)CC1. The topological polar surface area (TPSA) is 92.1 Å². The molecule has 7 heteroatoms. The van der Waals surface area contributed by atoms with Crippen LogP contribution in [0.5, 0.6) is 0 Å². The largest absolute Gasteiger partial charge is 0.361 e. The van der Waals surface area contributed by atoms with Crippen LogP contribution in [0.3, 0.4) is 0 Å². The minimum Gasteiger partial charge on any atom is -0.361 e. The molecule has 140 valence electrons. The van der Waals surface area contributed by atoms with Gasteiger partial charge in [0.25, 0.3) is 0 Å². The van der Waals surface area contributed by atoms with Crippen LogP contribution in [0.1, 0.15) is 53.2 Å². The Labute approximate surface area is 156 Å². The second-order valence-corrected chi connectivity index (χ2v) is 7.15. The first-order chi connectivity index (χ1) is 13.0. The lowest BCUT2D eigenvalue weighted by molar-refractivity contribution is -0.129. The average Bonchev–Trinajstić information content (AvgIpc) is 3.27. The molecule has 1 aromatic carbocycles. The smallest absolute Gasteiger partial charge is 0.219 e. The van der Waals surface area contributed by atoms with Gasteiger partial charge >= 0.3 is 0 Å². The number of piperidine rings is 1. The van der Waals surface area contributed by atoms with Crippen LogP contribution >= 0.6 is 0 Å². The van der Waals surface area contributed by atoms with Crippen molar-refractivity contribution in [2.45, 2.75) is 39.0 Å². The van der Waals surface area contributed by atoms with E-state index in [0.29, 0.717) is 23.7 Å². The van der Waals surface area contributed by atoms with Crippen molar-refractivity contribution in [3.05, 3.63) is 47.1 Å². The molecule has 0 spiro atoms. The monoisotopic (exact) mass is 366 g/mol. The molecule has 0 unspecified atom stereocenters. The summed E-state index contributed by atoms with van der Waals surface area (Å²) in [6.45, 7) is 4.90. The lowest BCUT2D eigenvalue weighted by atomic mass is 9.96. The number of hydrogen-bond acceptors (Lipinski definition) is 5. The van der Waals surface area contributed by atoms with Gasteiger partial charge in [-0.1, -0.05) is 11.2 Å². The summed E-state index contributed by atoms with van der Waals surface area (Å²) >= 11 is 0. The molecular formula is C20H22N4O3. The summed E-state index contributed by atoms with van der Waals surface area (Å²) in [5, 5.41) is 3.67. The van der Waals surface area contributed by atoms with Gasteiger partial charge in [-0.25, -0.2) is 4.98 Å². The van der Waals surface area contributed by atoms with Gasteiger partial charge in [0.05, 0.1) is 22.8 Å². The quantitative estimate of drug-likeness (QED) is 0.717. The molecule has 3 heterocycles. The number of benzene rings is 1. The predicted molar refractivity (Wildman–Crippen MR) is 99.6 cm³/mol. The first-order valence-electron chi connectivity index (χ1n) is 9.20. The van der Waals surface area contributed by atoms with Crippen molar-refractivity contribution in [2.24, 2.45) is 0 Å². The van der Waals surface area contributed by atoms with E-state index in [0.717, 1.165) is 48.4 Å². The van der Waals surface area contributed by atoms with E-state index in [2.05, 4.69) is 10.1 Å². The molecule has 1 aliphatic rings. The standard InChI is InChI=1S/C20H22N4O3/c1-12-16(11-21-27-12)19(26)10-14-3-4-17-18(9-14)23-20(22-17)15-5-7-24(8-6-15)13(2)25/h3-4,9,11,15H,5-8,10H2,1-2H3,(H,22,23). The van der Waals surface area contributed by atoms with E-state index in [1.165, 1.54) is 6.20 Å². The van der Waals surface area contributed by atoms with Gasteiger partial charge in [0.1, 0.15) is 11.6 Å². The number of nitrogens with zero attached hydrogens (tertiary/aromatic N) is 3. The third-order valence-corrected chi connectivity index (χ3v) is 5.31. The minimum absolute atomic E-state index is 0.00977. The van der Waals surface area contributed by atoms with Crippen LogP contribution in [0.4, 0.5) is 0 Å². The predicted octanol–water partition coefficient (Wildman–Crippen LogP) is 3.01. The van der Waals surface area contributed by atoms with E-state index in [1.54, 1.807) is 13.8 Å². The zero-order valence-electron chi connectivity index (χ0n) is 15.5. The summed E-state index contributed by atoms with van der Waals surface area (Å²) in [4.78, 5) is 33.9. The lowest BCUT2D eigenvalue weighted by Gasteiger charge is -2.30. The van der Waals surface area contributed by atoms with Gasteiger partial charge in [-0.3, -0.25) is 9.59 Å². The maximum Gasteiger partial charge on any atom is 0.219 e. The molecule has 0 atom stereocenters. The molecule has 0 bridgehead atoms. The van der Waals surface area contributed by atoms with Crippen LogP contribution in [0.15, 0.2) is 28.9 Å². The molecule has 1 amide bonds. The number of aromatic nitrogens is 3. The number of fused-ring (bicyclic) bond motifs is 1. The van der Waals surface area contributed by atoms with E-state index < -0.39 is 0 Å². The Morgan fingerprint density at radius 1 is 1.30 bits per heavy atom. The molecule has 0 radical (unpaired) electrons. The maximum absolute atomic E-state index is 12.4.